The summed E-state index contributed by atoms with van der Waals surface area (Å²) in [7, 11) is 0. The third-order valence-corrected chi connectivity index (χ3v) is 2.17. The average molecular weight is 214 g/mol. The van der Waals surface area contributed by atoms with Crippen LogP contribution in [0.1, 0.15) is 24.1 Å². The number of carboxylic acid groups (broad SMARTS) is 1. The molecule has 76 valence electrons. The fourth-order valence-corrected chi connectivity index (χ4v) is 1.53. The van der Waals surface area contributed by atoms with Crippen molar-refractivity contribution in [1.82, 2.24) is 0 Å². The van der Waals surface area contributed by atoms with Gasteiger partial charge in [-0.25, -0.2) is 0 Å². The zero-order chi connectivity index (χ0) is 10.7. The SMILES string of the molecule is CC(N)c1ccc(Cl)cc1CC(=O)O. The molecule has 0 aromatic heterocycles. The first-order valence-corrected chi connectivity index (χ1v) is 4.64. The van der Waals surface area contributed by atoms with E-state index in [1.165, 1.54) is 0 Å². The number of benzene rings is 1. The predicted molar refractivity (Wildman–Crippen MR) is 55.4 cm³/mol. The van der Waals surface area contributed by atoms with Crippen LogP contribution in [-0.2, 0) is 11.2 Å². The number of carbonyl (C=O) groups is 1. The zero-order valence-corrected chi connectivity index (χ0v) is 8.58. The fourth-order valence-electron chi connectivity index (χ4n) is 1.33. The lowest BCUT2D eigenvalue weighted by atomic mass is 10.00. The Balaban J connectivity index is 3.09. The molecule has 0 spiro atoms. The Hall–Kier alpha value is -1.06. The molecule has 1 aromatic carbocycles. The first-order chi connectivity index (χ1) is 6.50. The van der Waals surface area contributed by atoms with Gasteiger partial charge in [-0.1, -0.05) is 17.7 Å². The Bertz CT molecular complexity index is 350. The second-order valence-electron chi connectivity index (χ2n) is 3.20. The van der Waals surface area contributed by atoms with Gasteiger partial charge in [0.25, 0.3) is 0 Å². The summed E-state index contributed by atoms with van der Waals surface area (Å²) in [5, 5.41) is 9.21. The molecule has 14 heavy (non-hydrogen) atoms. The van der Waals surface area contributed by atoms with Crippen LogP contribution in [0.25, 0.3) is 0 Å². The minimum atomic E-state index is -0.880. The maximum Gasteiger partial charge on any atom is 0.307 e. The van der Waals surface area contributed by atoms with Crippen LogP contribution in [-0.4, -0.2) is 11.1 Å². The molecule has 0 amide bonds. The summed E-state index contributed by atoms with van der Waals surface area (Å²) in [6.45, 7) is 1.81. The number of nitrogens with two attached hydrogens (primary N) is 1. The van der Waals surface area contributed by atoms with Crippen molar-refractivity contribution in [1.29, 1.82) is 0 Å². The monoisotopic (exact) mass is 213 g/mol. The topological polar surface area (TPSA) is 63.3 Å². The molecule has 0 fully saturated rings. The van der Waals surface area contributed by atoms with Gasteiger partial charge in [-0.2, -0.15) is 0 Å². The van der Waals surface area contributed by atoms with Crippen LogP contribution in [0.3, 0.4) is 0 Å². The highest BCUT2D eigenvalue weighted by atomic mass is 35.5. The smallest absolute Gasteiger partial charge is 0.307 e. The summed E-state index contributed by atoms with van der Waals surface area (Å²) >= 11 is 5.77. The summed E-state index contributed by atoms with van der Waals surface area (Å²) in [6.07, 6.45) is -0.0442. The fraction of sp³-hybridized carbons (Fsp3) is 0.300. The molecule has 0 aliphatic heterocycles. The van der Waals surface area contributed by atoms with E-state index in [4.69, 9.17) is 22.4 Å². The van der Waals surface area contributed by atoms with Gasteiger partial charge in [0, 0.05) is 11.1 Å². The molecule has 4 heteroatoms. The molecular formula is C10H12ClNO2. The van der Waals surface area contributed by atoms with Gasteiger partial charge in [-0.15, -0.1) is 0 Å². The summed E-state index contributed by atoms with van der Waals surface area (Å²) < 4.78 is 0. The highest BCUT2D eigenvalue weighted by molar-refractivity contribution is 6.30. The van der Waals surface area contributed by atoms with Crippen molar-refractivity contribution in [2.45, 2.75) is 19.4 Å². The van der Waals surface area contributed by atoms with Crippen molar-refractivity contribution < 1.29 is 9.90 Å². The zero-order valence-electron chi connectivity index (χ0n) is 7.83. The van der Waals surface area contributed by atoms with Crippen molar-refractivity contribution in [3.63, 3.8) is 0 Å². The van der Waals surface area contributed by atoms with Crippen LogP contribution in [0.5, 0.6) is 0 Å². The summed E-state index contributed by atoms with van der Waals surface area (Å²) in [6, 6.07) is 4.95. The number of aliphatic carboxylic acids is 1. The quantitative estimate of drug-likeness (QED) is 0.807. The Kier molecular flexibility index (Phi) is 3.49. The van der Waals surface area contributed by atoms with E-state index in [-0.39, 0.29) is 12.5 Å². The highest BCUT2D eigenvalue weighted by Crippen LogP contribution is 2.21. The van der Waals surface area contributed by atoms with Gasteiger partial charge < -0.3 is 10.8 Å². The lowest BCUT2D eigenvalue weighted by Crippen LogP contribution is -2.11. The van der Waals surface area contributed by atoms with E-state index >= 15 is 0 Å². The molecule has 1 atom stereocenters. The number of halogens is 1. The van der Waals surface area contributed by atoms with E-state index in [2.05, 4.69) is 0 Å². The van der Waals surface area contributed by atoms with Gasteiger partial charge in [0.15, 0.2) is 0 Å². The molecule has 1 unspecified atom stereocenters. The van der Waals surface area contributed by atoms with Crippen LogP contribution in [0, 0.1) is 0 Å². The maximum absolute atomic E-state index is 10.6. The molecule has 0 bridgehead atoms. The molecule has 0 radical (unpaired) electrons. The normalized spacial score (nSPS) is 12.5. The second-order valence-corrected chi connectivity index (χ2v) is 3.64. The molecule has 3 nitrogen and oxygen atoms in total. The first-order valence-electron chi connectivity index (χ1n) is 4.26. The van der Waals surface area contributed by atoms with Crippen LogP contribution in [0.15, 0.2) is 18.2 Å². The second kappa shape index (κ2) is 4.44. The molecule has 1 rings (SSSR count). The van der Waals surface area contributed by atoms with Crippen LogP contribution >= 0.6 is 11.6 Å². The van der Waals surface area contributed by atoms with Gasteiger partial charge in [0.05, 0.1) is 6.42 Å². The lowest BCUT2D eigenvalue weighted by molar-refractivity contribution is -0.136. The summed E-state index contributed by atoms with van der Waals surface area (Å²) in [5.74, 6) is -0.880. The van der Waals surface area contributed by atoms with Gasteiger partial charge in [0.1, 0.15) is 0 Å². The van der Waals surface area contributed by atoms with Crippen molar-refractivity contribution in [2.75, 3.05) is 0 Å². The van der Waals surface area contributed by atoms with E-state index in [9.17, 15) is 4.79 Å². The summed E-state index contributed by atoms with van der Waals surface area (Å²) in [5.41, 5.74) is 7.22. The Morgan fingerprint density at radius 2 is 2.29 bits per heavy atom. The molecule has 0 aliphatic rings. The van der Waals surface area contributed by atoms with E-state index in [0.717, 1.165) is 5.56 Å². The summed E-state index contributed by atoms with van der Waals surface area (Å²) in [4.78, 5) is 10.6. The standard InChI is InChI=1S/C10H12ClNO2/c1-6(12)9-3-2-8(11)4-7(9)5-10(13)14/h2-4,6H,5,12H2,1H3,(H,13,14). The van der Waals surface area contributed by atoms with Crippen LogP contribution < -0.4 is 5.73 Å². The van der Waals surface area contributed by atoms with E-state index in [0.29, 0.717) is 10.6 Å². The minimum absolute atomic E-state index is 0.0442. The van der Waals surface area contributed by atoms with Crippen molar-refractivity contribution >= 4 is 17.6 Å². The molecular weight excluding hydrogens is 202 g/mol. The van der Waals surface area contributed by atoms with Crippen molar-refractivity contribution in [3.8, 4) is 0 Å². The van der Waals surface area contributed by atoms with Gasteiger partial charge in [-0.3, -0.25) is 4.79 Å². The Morgan fingerprint density at radius 3 is 2.79 bits per heavy atom. The molecule has 0 saturated heterocycles. The van der Waals surface area contributed by atoms with Gasteiger partial charge in [-0.05, 0) is 30.2 Å². The number of rotatable bonds is 3. The molecule has 3 N–H and O–H groups in total. The Labute approximate surface area is 87.5 Å². The van der Waals surface area contributed by atoms with E-state index < -0.39 is 5.97 Å². The lowest BCUT2D eigenvalue weighted by Gasteiger charge is -2.11. The van der Waals surface area contributed by atoms with Gasteiger partial charge >= 0.3 is 5.97 Å². The first kappa shape index (κ1) is 11.0. The van der Waals surface area contributed by atoms with Crippen LogP contribution in [0.4, 0.5) is 0 Å². The van der Waals surface area contributed by atoms with Crippen LogP contribution in [0.2, 0.25) is 5.02 Å². The van der Waals surface area contributed by atoms with Crippen molar-refractivity contribution in [2.24, 2.45) is 5.73 Å². The molecule has 0 aliphatic carbocycles. The van der Waals surface area contributed by atoms with E-state index in [1.54, 1.807) is 18.2 Å². The molecule has 0 saturated carbocycles. The number of hydrogen-bond acceptors (Lipinski definition) is 2. The average Bonchev–Trinajstić information content (AvgIpc) is 2.01. The van der Waals surface area contributed by atoms with E-state index in [1.807, 2.05) is 6.92 Å². The predicted octanol–water partition coefficient (Wildman–Crippen LogP) is 1.99. The van der Waals surface area contributed by atoms with Gasteiger partial charge in [0.2, 0.25) is 0 Å². The third-order valence-electron chi connectivity index (χ3n) is 1.94. The maximum atomic E-state index is 10.6. The molecule has 1 aromatic rings. The third kappa shape index (κ3) is 2.72. The molecule has 0 heterocycles. The minimum Gasteiger partial charge on any atom is -0.481 e. The largest absolute Gasteiger partial charge is 0.481 e. The van der Waals surface area contributed by atoms with Crippen molar-refractivity contribution in [3.05, 3.63) is 34.3 Å². The number of carboxylic acids is 1. The Morgan fingerprint density at radius 1 is 1.64 bits per heavy atom. The number of hydrogen-bond donors (Lipinski definition) is 2. The highest BCUT2D eigenvalue weighted by Gasteiger charge is 2.10.